The molecule has 0 amide bonds. The van der Waals surface area contributed by atoms with Gasteiger partial charge in [-0.3, -0.25) is 4.68 Å². The monoisotopic (exact) mass is 279 g/mol. The van der Waals surface area contributed by atoms with E-state index in [0.717, 1.165) is 25.2 Å². The van der Waals surface area contributed by atoms with Crippen molar-refractivity contribution in [2.75, 3.05) is 11.4 Å². The van der Waals surface area contributed by atoms with Gasteiger partial charge < -0.3 is 10.0 Å². The van der Waals surface area contributed by atoms with Crippen molar-refractivity contribution in [3.05, 3.63) is 60.3 Å². The van der Waals surface area contributed by atoms with E-state index in [1.807, 2.05) is 17.2 Å². The molecule has 0 radical (unpaired) electrons. The van der Waals surface area contributed by atoms with Crippen molar-refractivity contribution in [3.8, 4) is 11.1 Å². The lowest BCUT2D eigenvalue weighted by Crippen LogP contribution is -2.19. The van der Waals surface area contributed by atoms with Crippen LogP contribution in [0.2, 0.25) is 0 Å². The second kappa shape index (κ2) is 4.81. The first kappa shape index (κ1) is 12.3. The van der Waals surface area contributed by atoms with Crippen LogP contribution < -0.4 is 4.90 Å². The number of aliphatic hydroxyl groups excluding tert-OH is 1. The third-order valence-corrected chi connectivity index (χ3v) is 4.10. The van der Waals surface area contributed by atoms with Crippen LogP contribution in [0, 0.1) is 0 Å². The van der Waals surface area contributed by atoms with Gasteiger partial charge in [0, 0.05) is 36.2 Å². The van der Waals surface area contributed by atoms with E-state index in [0.29, 0.717) is 0 Å². The molecule has 0 saturated heterocycles. The highest BCUT2D eigenvalue weighted by Gasteiger charge is 2.18. The van der Waals surface area contributed by atoms with Gasteiger partial charge in [-0.2, -0.15) is 5.10 Å². The van der Waals surface area contributed by atoms with Gasteiger partial charge in [0.25, 0.3) is 0 Å². The Morgan fingerprint density at radius 2 is 2.19 bits per heavy atom. The molecule has 2 aliphatic rings. The van der Waals surface area contributed by atoms with Crippen LogP contribution in [0.5, 0.6) is 0 Å². The SMILES string of the molecule is OC1=CN(c2cccc(-c3cnn4c3CCC4)c2)CC=C1. The smallest absolute Gasteiger partial charge is 0.131 e. The molecular formula is C17H17N3O. The van der Waals surface area contributed by atoms with Crippen LogP contribution in [0.1, 0.15) is 12.1 Å². The Balaban J connectivity index is 1.71. The van der Waals surface area contributed by atoms with Crippen LogP contribution in [0.15, 0.2) is 54.6 Å². The standard InChI is InChI=1S/C17H17N3O/c21-15-6-2-8-19(12-15)14-5-1-4-13(10-14)16-11-18-20-9-3-7-17(16)20/h1-2,4-6,10-12,21H,3,7-9H2. The first-order valence-electron chi connectivity index (χ1n) is 7.30. The molecule has 0 spiro atoms. The number of hydrogen-bond donors (Lipinski definition) is 1. The number of hydrogen-bond acceptors (Lipinski definition) is 3. The third kappa shape index (κ3) is 2.13. The van der Waals surface area contributed by atoms with E-state index in [1.165, 1.54) is 23.2 Å². The van der Waals surface area contributed by atoms with Crippen molar-refractivity contribution in [2.24, 2.45) is 0 Å². The molecule has 1 aromatic carbocycles. The predicted molar refractivity (Wildman–Crippen MR) is 83.2 cm³/mol. The Morgan fingerprint density at radius 1 is 1.24 bits per heavy atom. The first-order valence-corrected chi connectivity index (χ1v) is 7.30. The first-order chi connectivity index (χ1) is 10.3. The summed E-state index contributed by atoms with van der Waals surface area (Å²) in [7, 11) is 0. The second-order valence-electron chi connectivity index (χ2n) is 5.49. The van der Waals surface area contributed by atoms with E-state index in [4.69, 9.17) is 0 Å². The number of allylic oxidation sites excluding steroid dienone is 1. The largest absolute Gasteiger partial charge is 0.506 e. The van der Waals surface area contributed by atoms with Gasteiger partial charge in [-0.15, -0.1) is 0 Å². The summed E-state index contributed by atoms with van der Waals surface area (Å²) in [6, 6.07) is 8.42. The maximum atomic E-state index is 9.64. The number of nitrogens with zero attached hydrogens (tertiary/aromatic N) is 3. The summed E-state index contributed by atoms with van der Waals surface area (Å²) in [6.07, 6.45) is 9.71. The molecule has 21 heavy (non-hydrogen) atoms. The van der Waals surface area contributed by atoms with Crippen LogP contribution in [0.3, 0.4) is 0 Å². The van der Waals surface area contributed by atoms with Gasteiger partial charge in [0.05, 0.1) is 6.20 Å². The molecule has 1 aromatic heterocycles. The number of rotatable bonds is 2. The maximum Gasteiger partial charge on any atom is 0.131 e. The third-order valence-electron chi connectivity index (χ3n) is 4.10. The van der Waals surface area contributed by atoms with Gasteiger partial charge >= 0.3 is 0 Å². The van der Waals surface area contributed by atoms with Crippen LogP contribution in [-0.4, -0.2) is 21.4 Å². The average molecular weight is 279 g/mol. The summed E-state index contributed by atoms with van der Waals surface area (Å²) in [5, 5.41) is 14.1. The fourth-order valence-electron chi connectivity index (χ4n) is 3.08. The van der Waals surface area contributed by atoms with Crippen molar-refractivity contribution >= 4 is 5.69 Å². The molecule has 0 fully saturated rings. The van der Waals surface area contributed by atoms with Gasteiger partial charge in [0.2, 0.25) is 0 Å². The molecule has 2 aromatic rings. The normalized spacial score (nSPS) is 17.0. The average Bonchev–Trinajstić information content (AvgIpc) is 3.10. The summed E-state index contributed by atoms with van der Waals surface area (Å²) in [5.74, 6) is 0.290. The second-order valence-corrected chi connectivity index (χ2v) is 5.49. The molecule has 0 bridgehead atoms. The minimum Gasteiger partial charge on any atom is -0.506 e. The lowest BCUT2D eigenvalue weighted by Gasteiger charge is -2.22. The highest BCUT2D eigenvalue weighted by molar-refractivity contribution is 5.71. The Morgan fingerprint density at radius 3 is 3.10 bits per heavy atom. The van der Waals surface area contributed by atoms with Crippen LogP contribution in [0.4, 0.5) is 5.69 Å². The highest BCUT2D eigenvalue weighted by Crippen LogP contribution is 2.31. The van der Waals surface area contributed by atoms with E-state index >= 15 is 0 Å². The zero-order valence-electron chi connectivity index (χ0n) is 11.7. The molecule has 0 aliphatic carbocycles. The molecule has 4 nitrogen and oxygen atoms in total. The lowest BCUT2D eigenvalue weighted by molar-refractivity contribution is 0.428. The van der Waals surface area contributed by atoms with E-state index in [-0.39, 0.29) is 5.76 Å². The molecule has 106 valence electrons. The zero-order valence-corrected chi connectivity index (χ0v) is 11.7. The fourth-order valence-corrected chi connectivity index (χ4v) is 3.08. The summed E-state index contributed by atoms with van der Waals surface area (Å²) < 4.78 is 2.11. The Labute approximate surface area is 123 Å². The zero-order chi connectivity index (χ0) is 14.2. The van der Waals surface area contributed by atoms with Crippen LogP contribution in [-0.2, 0) is 13.0 Å². The lowest BCUT2D eigenvalue weighted by atomic mass is 10.0. The molecule has 3 heterocycles. The minimum absolute atomic E-state index is 0.290. The fraction of sp³-hybridized carbons (Fsp3) is 0.235. The number of fused-ring (bicyclic) bond motifs is 1. The molecule has 2 aliphatic heterocycles. The van der Waals surface area contributed by atoms with Gasteiger partial charge in [0.15, 0.2) is 0 Å². The predicted octanol–water partition coefficient (Wildman–Crippen LogP) is 3.27. The molecule has 4 heteroatoms. The Bertz CT molecular complexity index is 742. The molecular weight excluding hydrogens is 262 g/mol. The quantitative estimate of drug-likeness (QED) is 0.917. The van der Waals surface area contributed by atoms with Gasteiger partial charge in [-0.25, -0.2) is 0 Å². The van der Waals surface area contributed by atoms with E-state index in [1.54, 1.807) is 12.3 Å². The summed E-state index contributed by atoms with van der Waals surface area (Å²) in [4.78, 5) is 2.04. The van der Waals surface area contributed by atoms with E-state index in [9.17, 15) is 5.11 Å². The number of anilines is 1. The van der Waals surface area contributed by atoms with Crippen molar-refractivity contribution in [1.29, 1.82) is 0 Å². The van der Waals surface area contributed by atoms with Crippen LogP contribution in [0.25, 0.3) is 11.1 Å². The maximum absolute atomic E-state index is 9.64. The Kier molecular flexibility index (Phi) is 2.81. The van der Waals surface area contributed by atoms with Crippen molar-refractivity contribution in [1.82, 2.24) is 9.78 Å². The minimum atomic E-state index is 0.290. The molecule has 0 unspecified atom stereocenters. The molecule has 0 atom stereocenters. The number of aryl methyl sites for hydroxylation is 1. The molecule has 0 saturated carbocycles. The van der Waals surface area contributed by atoms with E-state index in [2.05, 4.69) is 34.0 Å². The van der Waals surface area contributed by atoms with Gasteiger partial charge in [0.1, 0.15) is 5.76 Å². The summed E-state index contributed by atoms with van der Waals surface area (Å²) >= 11 is 0. The highest BCUT2D eigenvalue weighted by atomic mass is 16.3. The summed E-state index contributed by atoms with van der Waals surface area (Å²) in [5.41, 5.74) is 4.85. The topological polar surface area (TPSA) is 41.3 Å². The number of aromatic nitrogens is 2. The van der Waals surface area contributed by atoms with Crippen molar-refractivity contribution in [3.63, 3.8) is 0 Å². The molecule has 4 rings (SSSR count). The molecule has 1 N–H and O–H groups in total. The van der Waals surface area contributed by atoms with Gasteiger partial charge in [-0.05, 0) is 36.6 Å². The van der Waals surface area contributed by atoms with E-state index < -0.39 is 0 Å². The van der Waals surface area contributed by atoms with Crippen molar-refractivity contribution in [2.45, 2.75) is 19.4 Å². The number of aliphatic hydroxyl groups is 1. The van der Waals surface area contributed by atoms with Crippen molar-refractivity contribution < 1.29 is 5.11 Å². The number of benzene rings is 1. The summed E-state index contributed by atoms with van der Waals surface area (Å²) in [6.45, 7) is 1.81. The Hall–Kier alpha value is -2.49. The van der Waals surface area contributed by atoms with Crippen LogP contribution >= 0.6 is 0 Å². The van der Waals surface area contributed by atoms with Gasteiger partial charge in [-0.1, -0.05) is 18.2 Å².